The molecule has 142 valence electrons. The van der Waals surface area contributed by atoms with Gasteiger partial charge in [-0.2, -0.15) is 18.3 Å². The number of nitrogens with one attached hydrogen (secondary N) is 1. The second-order valence-corrected chi connectivity index (χ2v) is 5.83. The number of aromatic nitrogens is 1. The summed E-state index contributed by atoms with van der Waals surface area (Å²) >= 11 is 5.92. The lowest BCUT2D eigenvalue weighted by atomic mass is 10.1. The molecule has 6 nitrogen and oxygen atoms in total. The summed E-state index contributed by atoms with van der Waals surface area (Å²) in [4.78, 5) is 15.5. The van der Waals surface area contributed by atoms with E-state index in [2.05, 4.69) is 15.5 Å². The van der Waals surface area contributed by atoms with E-state index in [1.54, 1.807) is 6.07 Å². The Labute approximate surface area is 157 Å². The zero-order valence-electron chi connectivity index (χ0n) is 14.0. The quantitative estimate of drug-likeness (QED) is 0.237. The average molecular weight is 398 g/mol. The number of aryl methyl sites for hydroxylation is 1. The Morgan fingerprint density at radius 1 is 1.30 bits per heavy atom. The molecule has 0 spiro atoms. The first kappa shape index (κ1) is 20.2. The molecule has 27 heavy (non-hydrogen) atoms. The van der Waals surface area contributed by atoms with Gasteiger partial charge in [0.1, 0.15) is 5.15 Å². The van der Waals surface area contributed by atoms with Crippen molar-refractivity contribution in [1.29, 1.82) is 0 Å². The summed E-state index contributed by atoms with van der Waals surface area (Å²) in [6.45, 7) is 1.51. The average Bonchev–Trinajstić information content (AvgIpc) is 2.58. The Morgan fingerprint density at radius 3 is 2.59 bits per heavy atom. The molecule has 0 unspecified atom stereocenters. The second-order valence-electron chi connectivity index (χ2n) is 5.48. The van der Waals surface area contributed by atoms with Crippen molar-refractivity contribution in [3.63, 3.8) is 0 Å². The van der Waals surface area contributed by atoms with Gasteiger partial charge in [0.15, 0.2) is 5.84 Å². The smallest absolute Gasteiger partial charge is 0.382 e. The van der Waals surface area contributed by atoms with Gasteiger partial charge in [0.25, 0.3) is 5.91 Å². The van der Waals surface area contributed by atoms with E-state index in [-0.39, 0.29) is 27.7 Å². The van der Waals surface area contributed by atoms with Crippen molar-refractivity contribution in [2.24, 2.45) is 16.6 Å². The maximum Gasteiger partial charge on any atom is 0.416 e. The summed E-state index contributed by atoms with van der Waals surface area (Å²) in [6, 6.07) is 6.41. The van der Waals surface area contributed by atoms with Gasteiger partial charge in [-0.3, -0.25) is 10.2 Å². The van der Waals surface area contributed by atoms with Crippen molar-refractivity contribution in [1.82, 2.24) is 10.4 Å². The third-order valence-corrected chi connectivity index (χ3v) is 3.71. The minimum Gasteiger partial charge on any atom is -0.382 e. The molecule has 5 N–H and O–H groups in total. The largest absolute Gasteiger partial charge is 0.416 e. The number of hydrazone groups is 1. The Hall–Kier alpha value is -3.07. The van der Waals surface area contributed by atoms with Crippen LogP contribution in [0.3, 0.4) is 0 Å². The topological polar surface area (TPSA) is 106 Å². The van der Waals surface area contributed by atoms with E-state index in [9.17, 15) is 18.0 Å². The second kappa shape index (κ2) is 8.09. The summed E-state index contributed by atoms with van der Waals surface area (Å²) in [6.07, 6.45) is -1.94. The number of carbonyl (C=O) groups is 1. The molecule has 0 aliphatic rings. The molecule has 1 heterocycles. The monoisotopic (exact) mass is 397 g/mol. The number of amides is 1. The standard InChI is InChI=1S/C17H15ClF3N5O/c1-9-5-10(7-11(6-9)17(19,20)21)15(22)26-25-8-13(16(23)27)12-3-2-4-24-14(12)18/h2-8,25H,1H3,(H2,22,26)(H2,23,27)/b13-8+. The summed E-state index contributed by atoms with van der Waals surface area (Å²) in [7, 11) is 0. The molecule has 1 aromatic heterocycles. The minimum absolute atomic E-state index is 0.0233. The van der Waals surface area contributed by atoms with Crippen LogP contribution in [0.2, 0.25) is 5.15 Å². The predicted molar refractivity (Wildman–Crippen MR) is 96.5 cm³/mol. The van der Waals surface area contributed by atoms with Crippen LogP contribution in [0.5, 0.6) is 0 Å². The van der Waals surface area contributed by atoms with E-state index in [0.717, 1.165) is 18.3 Å². The van der Waals surface area contributed by atoms with Crippen LogP contribution in [0.1, 0.15) is 22.3 Å². The molecule has 0 saturated heterocycles. The highest BCUT2D eigenvalue weighted by Crippen LogP contribution is 2.30. The highest BCUT2D eigenvalue weighted by atomic mass is 35.5. The SMILES string of the molecule is Cc1cc(/C(N)=N/N/C=C(/C(N)=O)c2cccnc2Cl)cc(C(F)(F)F)c1. The first-order valence-electron chi connectivity index (χ1n) is 7.48. The third-order valence-electron chi connectivity index (χ3n) is 3.41. The van der Waals surface area contributed by atoms with Crippen molar-refractivity contribution in [3.05, 3.63) is 70.1 Å². The molecule has 2 aromatic rings. The molecule has 0 atom stereocenters. The van der Waals surface area contributed by atoms with Gasteiger partial charge in [-0.05, 0) is 42.8 Å². The number of pyridine rings is 1. The molecule has 0 aliphatic heterocycles. The maximum atomic E-state index is 12.9. The fourth-order valence-electron chi connectivity index (χ4n) is 2.19. The Kier molecular flexibility index (Phi) is 6.06. The van der Waals surface area contributed by atoms with Crippen molar-refractivity contribution in [3.8, 4) is 0 Å². The molecule has 0 bridgehead atoms. The third kappa shape index (κ3) is 5.20. The fraction of sp³-hybridized carbons (Fsp3) is 0.118. The molecule has 2 rings (SSSR count). The number of amidine groups is 1. The van der Waals surface area contributed by atoms with Crippen molar-refractivity contribution >= 4 is 28.9 Å². The van der Waals surface area contributed by atoms with Crippen LogP contribution in [0.25, 0.3) is 5.57 Å². The highest BCUT2D eigenvalue weighted by Gasteiger charge is 2.31. The molecule has 10 heteroatoms. The van der Waals surface area contributed by atoms with Gasteiger partial charge < -0.3 is 11.5 Å². The number of hydrogen-bond acceptors (Lipinski definition) is 4. The zero-order valence-corrected chi connectivity index (χ0v) is 14.8. The molecule has 1 aromatic carbocycles. The molecule has 1 amide bonds. The lowest BCUT2D eigenvalue weighted by Gasteiger charge is -2.10. The van der Waals surface area contributed by atoms with Crippen molar-refractivity contribution in [2.75, 3.05) is 0 Å². The van der Waals surface area contributed by atoms with Gasteiger partial charge in [-0.1, -0.05) is 11.6 Å². The van der Waals surface area contributed by atoms with Crippen LogP contribution < -0.4 is 16.9 Å². The van der Waals surface area contributed by atoms with E-state index in [1.165, 1.54) is 25.3 Å². The molecule has 0 fully saturated rings. The van der Waals surface area contributed by atoms with E-state index < -0.39 is 17.6 Å². The van der Waals surface area contributed by atoms with Crippen LogP contribution in [0.15, 0.2) is 47.8 Å². The van der Waals surface area contributed by atoms with Crippen LogP contribution in [-0.4, -0.2) is 16.7 Å². The van der Waals surface area contributed by atoms with Crippen LogP contribution in [-0.2, 0) is 11.0 Å². The Balaban J connectivity index is 2.31. The van der Waals surface area contributed by atoms with Crippen molar-refractivity contribution < 1.29 is 18.0 Å². The number of rotatable bonds is 5. The molecular weight excluding hydrogens is 383 g/mol. The Morgan fingerprint density at radius 2 is 2.00 bits per heavy atom. The summed E-state index contributed by atoms with van der Waals surface area (Å²) in [5.74, 6) is -1.01. The normalized spacial score (nSPS) is 12.8. The summed E-state index contributed by atoms with van der Waals surface area (Å²) in [5, 5.41) is 3.82. The maximum absolute atomic E-state index is 12.9. The number of nitrogens with two attached hydrogens (primary N) is 2. The Bertz CT molecular complexity index is 925. The summed E-state index contributed by atoms with van der Waals surface area (Å²) < 4.78 is 38.7. The fourth-order valence-corrected chi connectivity index (χ4v) is 2.42. The first-order valence-corrected chi connectivity index (χ1v) is 7.86. The van der Waals surface area contributed by atoms with Gasteiger partial charge in [0.2, 0.25) is 0 Å². The van der Waals surface area contributed by atoms with Crippen molar-refractivity contribution in [2.45, 2.75) is 13.1 Å². The number of carbonyl (C=O) groups excluding carboxylic acids is 1. The zero-order chi connectivity index (χ0) is 20.2. The van der Waals surface area contributed by atoms with Gasteiger partial charge >= 0.3 is 6.18 Å². The molecule has 0 radical (unpaired) electrons. The minimum atomic E-state index is -4.51. The number of alkyl halides is 3. The lowest BCUT2D eigenvalue weighted by molar-refractivity contribution is -0.137. The lowest BCUT2D eigenvalue weighted by Crippen LogP contribution is -2.20. The van der Waals surface area contributed by atoms with Crippen LogP contribution in [0.4, 0.5) is 13.2 Å². The number of hydrogen-bond donors (Lipinski definition) is 3. The van der Waals surface area contributed by atoms with Gasteiger partial charge in [-0.25, -0.2) is 4.98 Å². The van der Waals surface area contributed by atoms with Crippen LogP contribution >= 0.6 is 11.6 Å². The van der Waals surface area contributed by atoms with E-state index in [1.807, 2.05) is 0 Å². The van der Waals surface area contributed by atoms with Gasteiger partial charge in [-0.15, -0.1) is 0 Å². The molecule has 0 saturated carbocycles. The number of nitrogens with zero attached hydrogens (tertiary/aromatic N) is 2. The molecule has 0 aliphatic carbocycles. The van der Waals surface area contributed by atoms with E-state index in [0.29, 0.717) is 5.56 Å². The van der Waals surface area contributed by atoms with E-state index >= 15 is 0 Å². The first-order chi connectivity index (χ1) is 12.6. The summed E-state index contributed by atoms with van der Waals surface area (Å²) in [5.41, 5.74) is 13.3. The van der Waals surface area contributed by atoms with Gasteiger partial charge in [0.05, 0.1) is 11.1 Å². The number of halogens is 4. The highest BCUT2D eigenvalue weighted by molar-refractivity contribution is 6.33. The van der Waals surface area contributed by atoms with Gasteiger partial charge in [0, 0.05) is 23.5 Å². The number of benzene rings is 1. The number of primary amides is 1. The predicted octanol–water partition coefficient (Wildman–Crippen LogP) is 2.80. The van der Waals surface area contributed by atoms with E-state index in [4.69, 9.17) is 23.1 Å². The van der Waals surface area contributed by atoms with Crippen LogP contribution in [0, 0.1) is 6.92 Å². The molecular formula is C17H15ClF3N5O.